The van der Waals surface area contributed by atoms with Gasteiger partial charge < -0.3 is 9.64 Å². The predicted molar refractivity (Wildman–Crippen MR) is 97.7 cm³/mol. The quantitative estimate of drug-likeness (QED) is 0.652. The highest BCUT2D eigenvalue weighted by atomic mass is 35.5. The Labute approximate surface area is 158 Å². The monoisotopic (exact) mass is 402 g/mol. The molecule has 1 fully saturated rings. The molecule has 0 spiro atoms. The minimum atomic E-state index is -3.76. The van der Waals surface area contributed by atoms with Gasteiger partial charge >= 0.3 is 5.97 Å². The Hall–Kier alpha value is -1.64. The molecule has 1 aromatic rings. The summed E-state index contributed by atoms with van der Waals surface area (Å²) in [6.07, 6.45) is 1.60. The molecule has 0 saturated carbocycles. The lowest BCUT2D eigenvalue weighted by atomic mass is 10.2. The Bertz CT molecular complexity index is 771. The average Bonchev–Trinajstić information content (AvgIpc) is 3.16. The molecule has 26 heavy (non-hydrogen) atoms. The number of benzene rings is 1. The maximum Gasteiger partial charge on any atom is 0.338 e. The first-order valence-corrected chi connectivity index (χ1v) is 10.4. The minimum absolute atomic E-state index is 0.0412. The van der Waals surface area contributed by atoms with Crippen LogP contribution in [0.2, 0.25) is 5.02 Å². The van der Waals surface area contributed by atoms with Gasteiger partial charge in [-0.15, -0.1) is 0 Å². The van der Waals surface area contributed by atoms with E-state index in [2.05, 4.69) is 0 Å². The van der Waals surface area contributed by atoms with Gasteiger partial charge in [-0.05, 0) is 44.9 Å². The molecular weight excluding hydrogens is 380 g/mol. The standard InChI is InChI=1S/C17H23ClN2O5S/c1-3-19(4-2)16(21)12-25-17(22)13-7-8-14(18)15(11-13)26(23,24)20-9-5-6-10-20/h7-8,11H,3-6,9-10,12H2,1-2H3. The zero-order valence-electron chi connectivity index (χ0n) is 14.9. The van der Waals surface area contributed by atoms with Crippen molar-refractivity contribution in [3.8, 4) is 0 Å². The second kappa shape index (κ2) is 8.83. The summed E-state index contributed by atoms with van der Waals surface area (Å²) >= 11 is 6.05. The van der Waals surface area contributed by atoms with Crippen LogP contribution in [0.3, 0.4) is 0 Å². The number of nitrogens with zero attached hydrogens (tertiary/aromatic N) is 2. The first-order valence-electron chi connectivity index (χ1n) is 8.55. The number of carbonyl (C=O) groups excluding carboxylic acids is 2. The van der Waals surface area contributed by atoms with Crippen molar-refractivity contribution in [2.24, 2.45) is 0 Å². The highest BCUT2D eigenvalue weighted by Crippen LogP contribution is 2.28. The topological polar surface area (TPSA) is 84.0 Å². The molecule has 0 bridgehead atoms. The number of likely N-dealkylation sites (N-methyl/N-ethyl adjacent to an activating group) is 1. The molecule has 1 heterocycles. The third-order valence-electron chi connectivity index (χ3n) is 4.29. The number of esters is 1. The fraction of sp³-hybridized carbons (Fsp3) is 0.529. The lowest BCUT2D eigenvalue weighted by molar-refractivity contribution is -0.134. The van der Waals surface area contributed by atoms with Crippen molar-refractivity contribution < 1.29 is 22.7 Å². The molecule has 2 rings (SSSR count). The molecule has 0 radical (unpaired) electrons. The van der Waals surface area contributed by atoms with E-state index < -0.39 is 22.6 Å². The summed E-state index contributed by atoms with van der Waals surface area (Å²) in [6.45, 7) is 5.18. The van der Waals surface area contributed by atoms with Crippen molar-refractivity contribution in [2.45, 2.75) is 31.6 Å². The summed E-state index contributed by atoms with van der Waals surface area (Å²) in [5.74, 6) is -1.07. The smallest absolute Gasteiger partial charge is 0.338 e. The second-order valence-corrected chi connectivity index (χ2v) is 8.21. The summed E-state index contributed by atoms with van der Waals surface area (Å²) in [7, 11) is -3.76. The zero-order valence-corrected chi connectivity index (χ0v) is 16.5. The molecule has 0 N–H and O–H groups in total. The highest BCUT2D eigenvalue weighted by molar-refractivity contribution is 7.89. The van der Waals surface area contributed by atoms with E-state index in [0.717, 1.165) is 12.8 Å². The van der Waals surface area contributed by atoms with Crippen LogP contribution in [0, 0.1) is 0 Å². The van der Waals surface area contributed by atoms with Crippen LogP contribution in [-0.4, -0.2) is 62.3 Å². The molecule has 1 aliphatic heterocycles. The van der Waals surface area contributed by atoms with Crippen LogP contribution in [0.25, 0.3) is 0 Å². The number of halogens is 1. The van der Waals surface area contributed by atoms with Gasteiger partial charge in [-0.2, -0.15) is 4.31 Å². The van der Waals surface area contributed by atoms with Gasteiger partial charge in [0.05, 0.1) is 10.6 Å². The Morgan fingerprint density at radius 3 is 2.38 bits per heavy atom. The summed E-state index contributed by atoms with van der Waals surface area (Å²) in [5.41, 5.74) is 0.0412. The summed E-state index contributed by atoms with van der Waals surface area (Å²) in [6, 6.07) is 3.95. The molecule has 7 nitrogen and oxygen atoms in total. The van der Waals surface area contributed by atoms with Crippen molar-refractivity contribution in [3.63, 3.8) is 0 Å². The third-order valence-corrected chi connectivity index (χ3v) is 6.67. The van der Waals surface area contributed by atoms with Crippen LogP contribution < -0.4 is 0 Å². The third kappa shape index (κ3) is 4.55. The van der Waals surface area contributed by atoms with Gasteiger partial charge in [0, 0.05) is 26.2 Å². The van der Waals surface area contributed by atoms with E-state index in [9.17, 15) is 18.0 Å². The first-order chi connectivity index (χ1) is 12.3. The van der Waals surface area contributed by atoms with Gasteiger partial charge in [0.15, 0.2) is 6.61 Å². The van der Waals surface area contributed by atoms with Crippen LogP contribution in [0.5, 0.6) is 0 Å². The van der Waals surface area contributed by atoms with Crippen molar-refractivity contribution >= 4 is 33.5 Å². The van der Waals surface area contributed by atoms with Crippen molar-refractivity contribution in [1.82, 2.24) is 9.21 Å². The number of rotatable bonds is 7. The molecule has 1 saturated heterocycles. The molecular formula is C17H23ClN2O5S. The number of carbonyl (C=O) groups is 2. The maximum atomic E-state index is 12.7. The van der Waals surface area contributed by atoms with Gasteiger partial charge in [0.25, 0.3) is 5.91 Å². The molecule has 144 valence electrons. The molecule has 0 aliphatic carbocycles. The Morgan fingerprint density at radius 2 is 1.81 bits per heavy atom. The van der Waals surface area contributed by atoms with Gasteiger partial charge in [-0.3, -0.25) is 4.79 Å². The summed E-state index contributed by atoms with van der Waals surface area (Å²) in [4.78, 5) is 25.6. The largest absolute Gasteiger partial charge is 0.452 e. The van der Waals surface area contributed by atoms with E-state index in [1.807, 2.05) is 13.8 Å². The van der Waals surface area contributed by atoms with Gasteiger partial charge in [-0.25, -0.2) is 13.2 Å². The summed E-state index contributed by atoms with van der Waals surface area (Å²) < 4.78 is 31.8. The highest BCUT2D eigenvalue weighted by Gasteiger charge is 2.30. The predicted octanol–water partition coefficient (Wildman–Crippen LogP) is 2.15. The fourth-order valence-corrected chi connectivity index (χ4v) is 4.79. The first kappa shape index (κ1) is 20.7. The van der Waals surface area contributed by atoms with Crippen LogP contribution in [0.4, 0.5) is 0 Å². The van der Waals surface area contributed by atoms with Crippen LogP contribution in [0.1, 0.15) is 37.0 Å². The average molecular weight is 403 g/mol. The van der Waals surface area contributed by atoms with E-state index in [1.165, 1.54) is 22.5 Å². The minimum Gasteiger partial charge on any atom is -0.452 e. The molecule has 1 aliphatic rings. The number of hydrogen-bond acceptors (Lipinski definition) is 5. The van der Waals surface area contributed by atoms with Crippen molar-refractivity contribution in [1.29, 1.82) is 0 Å². The number of sulfonamides is 1. The van der Waals surface area contributed by atoms with Crippen LogP contribution in [-0.2, 0) is 19.6 Å². The number of amides is 1. The van der Waals surface area contributed by atoms with Gasteiger partial charge in [-0.1, -0.05) is 11.6 Å². The molecule has 1 aromatic carbocycles. The van der Waals surface area contributed by atoms with Crippen molar-refractivity contribution in [2.75, 3.05) is 32.8 Å². The Morgan fingerprint density at radius 1 is 1.19 bits per heavy atom. The van der Waals surface area contributed by atoms with E-state index in [-0.39, 0.29) is 21.4 Å². The van der Waals surface area contributed by atoms with Crippen LogP contribution in [0.15, 0.2) is 23.1 Å². The fourth-order valence-electron chi connectivity index (χ4n) is 2.77. The molecule has 0 atom stereocenters. The van der Waals surface area contributed by atoms with Crippen LogP contribution >= 0.6 is 11.6 Å². The van der Waals surface area contributed by atoms with E-state index >= 15 is 0 Å². The maximum absolute atomic E-state index is 12.7. The molecule has 1 amide bonds. The van der Waals surface area contributed by atoms with Crippen molar-refractivity contribution in [3.05, 3.63) is 28.8 Å². The van der Waals surface area contributed by atoms with E-state index in [1.54, 1.807) is 4.90 Å². The van der Waals surface area contributed by atoms with Gasteiger partial charge in [0.2, 0.25) is 10.0 Å². The Kier molecular flexibility index (Phi) is 7.02. The van der Waals surface area contributed by atoms with E-state index in [0.29, 0.717) is 26.2 Å². The normalized spacial score (nSPS) is 15.0. The second-order valence-electron chi connectivity index (χ2n) is 5.90. The number of ether oxygens (including phenoxy) is 1. The number of hydrogen-bond donors (Lipinski definition) is 0. The van der Waals surface area contributed by atoms with E-state index in [4.69, 9.17) is 16.3 Å². The molecule has 0 unspecified atom stereocenters. The molecule has 0 aromatic heterocycles. The lowest BCUT2D eigenvalue weighted by Crippen LogP contribution is -2.34. The summed E-state index contributed by atoms with van der Waals surface area (Å²) in [5, 5.41) is 0.0488. The SMILES string of the molecule is CCN(CC)C(=O)COC(=O)c1ccc(Cl)c(S(=O)(=O)N2CCCC2)c1. The van der Waals surface area contributed by atoms with Gasteiger partial charge in [0.1, 0.15) is 4.90 Å². The lowest BCUT2D eigenvalue weighted by Gasteiger charge is -2.18. The zero-order chi connectivity index (χ0) is 19.3. The molecule has 9 heteroatoms. The Balaban J connectivity index is 2.16.